The molecule has 0 spiro atoms. The van der Waals surface area contributed by atoms with Gasteiger partial charge in [-0.3, -0.25) is 9.59 Å². The van der Waals surface area contributed by atoms with Crippen LogP contribution in [0.5, 0.6) is 0 Å². The van der Waals surface area contributed by atoms with Crippen LogP contribution in [-0.4, -0.2) is 26.8 Å². The lowest BCUT2D eigenvalue weighted by atomic mass is 10.2. The summed E-state index contributed by atoms with van der Waals surface area (Å²) in [6.07, 6.45) is 0. The quantitative estimate of drug-likeness (QED) is 0.704. The number of carbonyl (C=O) groups is 2. The molecule has 0 radical (unpaired) electrons. The molecule has 19 heavy (non-hydrogen) atoms. The lowest BCUT2D eigenvalue weighted by molar-refractivity contribution is -0.122. The molecule has 0 bridgehead atoms. The van der Waals surface area contributed by atoms with Crippen molar-refractivity contribution in [3.05, 3.63) is 23.8 Å². The number of sulfonamides is 1. The first kappa shape index (κ1) is 15.1. The van der Waals surface area contributed by atoms with Gasteiger partial charge in [0.1, 0.15) is 0 Å². The monoisotopic (exact) mass is 285 g/mol. The van der Waals surface area contributed by atoms with Gasteiger partial charge in [-0.05, 0) is 24.6 Å². The zero-order chi connectivity index (χ0) is 14.6. The summed E-state index contributed by atoms with van der Waals surface area (Å²) in [5.41, 5.74) is 0.683. The predicted molar refractivity (Wildman–Crippen MR) is 69.9 cm³/mol. The van der Waals surface area contributed by atoms with Gasteiger partial charge in [-0.15, -0.1) is 0 Å². The number of anilines is 1. The van der Waals surface area contributed by atoms with Gasteiger partial charge in [0.25, 0.3) is 0 Å². The first-order valence-corrected chi connectivity index (χ1v) is 6.93. The Bertz CT molecular complexity index is 610. The highest BCUT2D eigenvalue weighted by Crippen LogP contribution is 2.21. The van der Waals surface area contributed by atoms with Crippen LogP contribution in [0.25, 0.3) is 0 Å². The molecule has 1 rings (SSSR count). The van der Waals surface area contributed by atoms with Crippen molar-refractivity contribution >= 4 is 27.5 Å². The molecule has 0 aliphatic carbocycles. The Morgan fingerprint density at radius 1 is 1.32 bits per heavy atom. The molecule has 0 fully saturated rings. The normalized spacial score (nSPS) is 10.9. The number of rotatable bonds is 4. The van der Waals surface area contributed by atoms with Crippen molar-refractivity contribution in [2.45, 2.75) is 18.7 Å². The Hall–Kier alpha value is -1.93. The Balaban J connectivity index is 2.91. The second kappa shape index (κ2) is 5.81. The van der Waals surface area contributed by atoms with Crippen LogP contribution in [-0.2, 0) is 19.6 Å². The van der Waals surface area contributed by atoms with E-state index in [0.717, 1.165) is 0 Å². The van der Waals surface area contributed by atoms with E-state index in [1.54, 1.807) is 6.07 Å². The minimum Gasteiger partial charge on any atom is -0.347 e. The SMILES string of the molecule is CC(=O)NCC(=O)Nc1cccc(S(N)(=O)=O)c1C. The fourth-order valence-corrected chi connectivity index (χ4v) is 2.26. The molecule has 0 saturated carbocycles. The molecule has 0 saturated heterocycles. The highest BCUT2D eigenvalue weighted by molar-refractivity contribution is 7.89. The molecule has 104 valence electrons. The summed E-state index contributed by atoms with van der Waals surface area (Å²) in [5, 5.41) is 9.90. The number of primary sulfonamides is 1. The summed E-state index contributed by atoms with van der Waals surface area (Å²) < 4.78 is 22.6. The smallest absolute Gasteiger partial charge is 0.243 e. The summed E-state index contributed by atoms with van der Waals surface area (Å²) in [4.78, 5) is 22.1. The van der Waals surface area contributed by atoms with Crippen LogP contribution in [0.4, 0.5) is 5.69 Å². The van der Waals surface area contributed by atoms with Crippen LogP contribution in [0.3, 0.4) is 0 Å². The summed E-state index contributed by atoms with van der Waals surface area (Å²) in [6, 6.07) is 4.38. The molecule has 0 aromatic heterocycles. The molecule has 0 aliphatic heterocycles. The zero-order valence-electron chi connectivity index (χ0n) is 10.6. The first-order valence-electron chi connectivity index (χ1n) is 5.38. The molecule has 1 aromatic rings. The van der Waals surface area contributed by atoms with Gasteiger partial charge in [0.05, 0.1) is 11.4 Å². The van der Waals surface area contributed by atoms with Crippen molar-refractivity contribution in [1.82, 2.24) is 5.32 Å². The molecule has 7 nitrogen and oxygen atoms in total. The van der Waals surface area contributed by atoms with Crippen LogP contribution in [0, 0.1) is 6.92 Å². The molecule has 0 unspecified atom stereocenters. The number of nitrogens with one attached hydrogen (secondary N) is 2. The second-order valence-corrected chi connectivity index (χ2v) is 5.46. The molecular weight excluding hydrogens is 270 g/mol. The lowest BCUT2D eigenvalue weighted by Crippen LogP contribution is -2.31. The largest absolute Gasteiger partial charge is 0.347 e. The fourth-order valence-electron chi connectivity index (χ4n) is 1.46. The number of carbonyl (C=O) groups excluding carboxylic acids is 2. The Kier molecular flexibility index (Phi) is 4.62. The van der Waals surface area contributed by atoms with E-state index in [2.05, 4.69) is 10.6 Å². The van der Waals surface area contributed by atoms with Gasteiger partial charge in [-0.25, -0.2) is 13.6 Å². The number of nitrogens with two attached hydrogens (primary N) is 1. The number of benzene rings is 1. The maximum Gasteiger partial charge on any atom is 0.243 e. The molecule has 2 amide bonds. The summed E-state index contributed by atoms with van der Waals surface area (Å²) >= 11 is 0. The van der Waals surface area contributed by atoms with Crippen molar-refractivity contribution in [2.75, 3.05) is 11.9 Å². The van der Waals surface area contributed by atoms with Crippen LogP contribution < -0.4 is 15.8 Å². The van der Waals surface area contributed by atoms with Gasteiger partial charge < -0.3 is 10.6 Å². The highest BCUT2D eigenvalue weighted by Gasteiger charge is 2.14. The minimum absolute atomic E-state index is 0.0511. The van der Waals surface area contributed by atoms with Crippen molar-refractivity contribution in [2.24, 2.45) is 5.14 Å². The predicted octanol–water partition coefficient (Wildman–Crippen LogP) is -0.283. The zero-order valence-corrected chi connectivity index (χ0v) is 11.4. The lowest BCUT2D eigenvalue weighted by Gasteiger charge is -2.11. The van der Waals surface area contributed by atoms with Gasteiger partial charge >= 0.3 is 0 Å². The van der Waals surface area contributed by atoms with Crippen molar-refractivity contribution < 1.29 is 18.0 Å². The van der Waals surface area contributed by atoms with Gasteiger partial charge in [-0.1, -0.05) is 6.07 Å². The van der Waals surface area contributed by atoms with Gasteiger partial charge in [0.15, 0.2) is 0 Å². The summed E-state index contributed by atoms with van der Waals surface area (Å²) in [7, 11) is -3.84. The molecule has 4 N–H and O–H groups in total. The van der Waals surface area contributed by atoms with E-state index in [1.165, 1.54) is 26.0 Å². The molecule has 0 heterocycles. The summed E-state index contributed by atoms with van der Waals surface area (Å²) in [6.45, 7) is 2.64. The molecule has 8 heteroatoms. The van der Waals surface area contributed by atoms with E-state index in [-0.39, 0.29) is 17.3 Å². The number of hydrogen-bond donors (Lipinski definition) is 3. The number of hydrogen-bond acceptors (Lipinski definition) is 4. The molecular formula is C11H15N3O4S. The number of amides is 2. The topological polar surface area (TPSA) is 118 Å². The van der Waals surface area contributed by atoms with Crippen molar-refractivity contribution in [3.63, 3.8) is 0 Å². The van der Waals surface area contributed by atoms with E-state index < -0.39 is 15.9 Å². The van der Waals surface area contributed by atoms with E-state index >= 15 is 0 Å². The fraction of sp³-hybridized carbons (Fsp3) is 0.273. The van der Waals surface area contributed by atoms with Gasteiger partial charge in [0.2, 0.25) is 21.8 Å². The Morgan fingerprint density at radius 3 is 2.47 bits per heavy atom. The van der Waals surface area contributed by atoms with Gasteiger partial charge in [-0.2, -0.15) is 0 Å². The third kappa shape index (κ3) is 4.34. The maximum absolute atomic E-state index is 11.5. The third-order valence-corrected chi connectivity index (χ3v) is 3.42. The van der Waals surface area contributed by atoms with Crippen LogP contribution in [0.1, 0.15) is 12.5 Å². The highest BCUT2D eigenvalue weighted by atomic mass is 32.2. The maximum atomic E-state index is 11.5. The van der Waals surface area contributed by atoms with E-state index in [0.29, 0.717) is 11.3 Å². The van der Waals surface area contributed by atoms with Crippen molar-refractivity contribution in [3.8, 4) is 0 Å². The Morgan fingerprint density at radius 2 is 1.95 bits per heavy atom. The average molecular weight is 285 g/mol. The third-order valence-electron chi connectivity index (χ3n) is 2.36. The van der Waals surface area contributed by atoms with Gasteiger partial charge in [0, 0.05) is 12.6 Å². The van der Waals surface area contributed by atoms with Crippen LogP contribution in [0.15, 0.2) is 23.1 Å². The average Bonchev–Trinajstić information content (AvgIpc) is 2.27. The first-order chi connectivity index (χ1) is 8.71. The van der Waals surface area contributed by atoms with Crippen LogP contribution >= 0.6 is 0 Å². The van der Waals surface area contributed by atoms with E-state index in [1.807, 2.05) is 0 Å². The second-order valence-electron chi connectivity index (χ2n) is 3.93. The molecule has 0 aliphatic rings. The van der Waals surface area contributed by atoms with Crippen molar-refractivity contribution in [1.29, 1.82) is 0 Å². The molecule has 1 aromatic carbocycles. The molecule has 0 atom stereocenters. The van der Waals surface area contributed by atoms with E-state index in [4.69, 9.17) is 5.14 Å². The Labute approximate surface area is 111 Å². The van der Waals surface area contributed by atoms with Crippen LogP contribution in [0.2, 0.25) is 0 Å². The summed E-state index contributed by atoms with van der Waals surface area (Å²) in [5.74, 6) is -0.782. The standard InChI is InChI=1S/C11H15N3O4S/c1-7-9(14-11(16)6-13-8(2)15)4-3-5-10(7)19(12,17)18/h3-5H,6H2,1-2H3,(H,13,15)(H,14,16)(H2,12,17,18). The minimum atomic E-state index is -3.84. The van der Waals surface area contributed by atoms with E-state index in [9.17, 15) is 18.0 Å².